The first-order valence-electron chi connectivity index (χ1n) is 8.67. The molecule has 146 valence electrons. The summed E-state index contributed by atoms with van der Waals surface area (Å²) >= 11 is 12.6. The number of halogens is 2. The van der Waals surface area contributed by atoms with Gasteiger partial charge >= 0.3 is 6.03 Å². The number of para-hydroxylation sites is 2. The van der Waals surface area contributed by atoms with Crippen LogP contribution >= 0.6 is 23.2 Å². The molecule has 0 aromatic heterocycles. The van der Waals surface area contributed by atoms with Crippen molar-refractivity contribution in [3.63, 3.8) is 0 Å². The van der Waals surface area contributed by atoms with E-state index in [1.54, 1.807) is 43.3 Å². The molecular weight excluding hydrogens is 401 g/mol. The zero-order valence-electron chi connectivity index (χ0n) is 15.3. The van der Waals surface area contributed by atoms with Crippen molar-refractivity contribution in [3.8, 4) is 5.75 Å². The predicted octanol–water partition coefficient (Wildman–Crippen LogP) is 4.66. The van der Waals surface area contributed by atoms with E-state index < -0.39 is 18.0 Å². The minimum atomic E-state index is -0.797. The first-order chi connectivity index (χ1) is 13.4. The van der Waals surface area contributed by atoms with E-state index in [1.165, 1.54) is 0 Å². The molecule has 0 spiro atoms. The van der Waals surface area contributed by atoms with Gasteiger partial charge in [-0.1, -0.05) is 41.4 Å². The molecule has 0 saturated carbocycles. The van der Waals surface area contributed by atoms with Gasteiger partial charge in [0.2, 0.25) is 0 Å². The van der Waals surface area contributed by atoms with Gasteiger partial charge in [0, 0.05) is 21.3 Å². The highest BCUT2D eigenvalue weighted by molar-refractivity contribution is 6.36. The highest BCUT2D eigenvalue weighted by atomic mass is 35.5. The van der Waals surface area contributed by atoms with Crippen molar-refractivity contribution in [2.45, 2.75) is 19.9 Å². The Hall–Kier alpha value is -2.70. The fourth-order valence-electron chi connectivity index (χ4n) is 3.04. The SMILES string of the molecule is CCOc1ccccc1NC(=O)C1=C(C)NC(=O)N[C@H]1c1c(Cl)cccc1Cl. The Morgan fingerprint density at radius 1 is 1.14 bits per heavy atom. The van der Waals surface area contributed by atoms with Crippen molar-refractivity contribution in [1.82, 2.24) is 10.6 Å². The van der Waals surface area contributed by atoms with Crippen LogP contribution in [0.25, 0.3) is 0 Å². The first-order valence-corrected chi connectivity index (χ1v) is 9.43. The summed E-state index contributed by atoms with van der Waals surface area (Å²) in [6, 6.07) is 10.9. The smallest absolute Gasteiger partial charge is 0.319 e. The van der Waals surface area contributed by atoms with E-state index in [0.717, 1.165) is 0 Å². The lowest BCUT2D eigenvalue weighted by Crippen LogP contribution is -2.46. The number of benzene rings is 2. The Kier molecular flexibility index (Phi) is 6.11. The molecule has 1 atom stereocenters. The third-order valence-corrected chi connectivity index (χ3v) is 4.90. The Bertz CT molecular complexity index is 939. The minimum Gasteiger partial charge on any atom is -0.492 e. The van der Waals surface area contributed by atoms with E-state index in [4.69, 9.17) is 27.9 Å². The number of ether oxygens (including phenoxy) is 1. The molecule has 1 aliphatic rings. The Morgan fingerprint density at radius 2 is 1.82 bits per heavy atom. The molecule has 1 heterocycles. The summed E-state index contributed by atoms with van der Waals surface area (Å²) in [4.78, 5) is 25.2. The lowest BCUT2D eigenvalue weighted by molar-refractivity contribution is -0.113. The van der Waals surface area contributed by atoms with Crippen molar-refractivity contribution in [3.05, 3.63) is 69.3 Å². The summed E-state index contributed by atoms with van der Waals surface area (Å²) in [5.41, 5.74) is 1.70. The number of rotatable bonds is 5. The van der Waals surface area contributed by atoms with E-state index in [0.29, 0.717) is 44.9 Å². The maximum absolute atomic E-state index is 13.1. The van der Waals surface area contributed by atoms with E-state index >= 15 is 0 Å². The van der Waals surface area contributed by atoms with Crippen LogP contribution in [-0.4, -0.2) is 18.5 Å². The summed E-state index contributed by atoms with van der Waals surface area (Å²) in [6.07, 6.45) is 0. The second-order valence-electron chi connectivity index (χ2n) is 6.09. The molecule has 1 aliphatic heterocycles. The molecule has 2 aromatic carbocycles. The van der Waals surface area contributed by atoms with Crippen LogP contribution in [0.4, 0.5) is 10.5 Å². The molecule has 3 rings (SSSR count). The largest absolute Gasteiger partial charge is 0.492 e. The number of carbonyl (C=O) groups is 2. The summed E-state index contributed by atoms with van der Waals surface area (Å²) in [5, 5.41) is 8.92. The van der Waals surface area contributed by atoms with Crippen molar-refractivity contribution in [2.75, 3.05) is 11.9 Å². The zero-order valence-corrected chi connectivity index (χ0v) is 16.8. The predicted molar refractivity (Wildman–Crippen MR) is 110 cm³/mol. The number of hydrogen-bond donors (Lipinski definition) is 3. The van der Waals surface area contributed by atoms with Crippen LogP contribution in [0.1, 0.15) is 25.5 Å². The molecule has 8 heteroatoms. The second-order valence-corrected chi connectivity index (χ2v) is 6.90. The second kappa shape index (κ2) is 8.54. The average molecular weight is 420 g/mol. The molecule has 0 fully saturated rings. The molecule has 2 aromatic rings. The van der Waals surface area contributed by atoms with E-state index in [2.05, 4.69) is 16.0 Å². The maximum Gasteiger partial charge on any atom is 0.319 e. The van der Waals surface area contributed by atoms with Crippen molar-refractivity contribution in [1.29, 1.82) is 0 Å². The van der Waals surface area contributed by atoms with Gasteiger partial charge in [0.25, 0.3) is 5.91 Å². The van der Waals surface area contributed by atoms with Crippen molar-refractivity contribution in [2.24, 2.45) is 0 Å². The minimum absolute atomic E-state index is 0.306. The number of allylic oxidation sites excluding steroid dienone is 1. The van der Waals surface area contributed by atoms with Gasteiger partial charge in [-0.05, 0) is 38.1 Å². The summed E-state index contributed by atoms with van der Waals surface area (Å²) in [5.74, 6) is 0.148. The monoisotopic (exact) mass is 419 g/mol. The molecule has 0 radical (unpaired) electrons. The molecule has 28 heavy (non-hydrogen) atoms. The van der Waals surface area contributed by atoms with Crippen LogP contribution in [-0.2, 0) is 4.79 Å². The van der Waals surface area contributed by atoms with Gasteiger partial charge in [-0.25, -0.2) is 4.79 Å². The van der Waals surface area contributed by atoms with Gasteiger partial charge in [-0.3, -0.25) is 4.79 Å². The lowest BCUT2D eigenvalue weighted by Gasteiger charge is -2.29. The van der Waals surface area contributed by atoms with Crippen LogP contribution in [0, 0.1) is 0 Å². The number of hydrogen-bond acceptors (Lipinski definition) is 3. The quantitative estimate of drug-likeness (QED) is 0.659. The Balaban J connectivity index is 2.01. The molecule has 6 nitrogen and oxygen atoms in total. The van der Waals surface area contributed by atoms with Gasteiger partial charge in [0.05, 0.1) is 23.9 Å². The van der Waals surface area contributed by atoms with Crippen LogP contribution < -0.4 is 20.7 Å². The molecule has 0 unspecified atom stereocenters. The summed E-state index contributed by atoms with van der Waals surface area (Å²) in [7, 11) is 0. The summed E-state index contributed by atoms with van der Waals surface area (Å²) in [6.45, 7) is 3.98. The average Bonchev–Trinajstić information content (AvgIpc) is 2.63. The Labute approximate surface area is 172 Å². The normalized spacial score (nSPS) is 16.3. The highest BCUT2D eigenvalue weighted by Crippen LogP contribution is 2.37. The standard InChI is InChI=1S/C20H19Cl2N3O3/c1-3-28-15-10-5-4-9-14(15)24-19(26)16-11(2)23-20(27)25-18(16)17-12(21)7-6-8-13(17)22/h4-10,18H,3H2,1-2H3,(H,24,26)(H2,23,25,27)/t18-/m1/s1. The Morgan fingerprint density at radius 3 is 2.50 bits per heavy atom. The third-order valence-electron chi connectivity index (χ3n) is 4.24. The number of carbonyl (C=O) groups excluding carboxylic acids is 2. The maximum atomic E-state index is 13.1. The van der Waals surface area contributed by atoms with Gasteiger partial charge in [-0.2, -0.15) is 0 Å². The van der Waals surface area contributed by atoms with Gasteiger partial charge in [0.1, 0.15) is 5.75 Å². The molecule has 3 N–H and O–H groups in total. The molecular formula is C20H19Cl2N3O3. The number of nitrogens with one attached hydrogen (secondary N) is 3. The van der Waals surface area contributed by atoms with Crippen molar-refractivity contribution >= 4 is 40.8 Å². The highest BCUT2D eigenvalue weighted by Gasteiger charge is 2.34. The van der Waals surface area contributed by atoms with Crippen LogP contribution in [0.2, 0.25) is 10.0 Å². The van der Waals surface area contributed by atoms with Gasteiger partial charge in [0.15, 0.2) is 0 Å². The summed E-state index contributed by atoms with van der Waals surface area (Å²) < 4.78 is 5.56. The molecule has 0 bridgehead atoms. The van der Waals surface area contributed by atoms with Gasteiger partial charge in [-0.15, -0.1) is 0 Å². The topological polar surface area (TPSA) is 79.5 Å². The van der Waals surface area contributed by atoms with Crippen LogP contribution in [0.15, 0.2) is 53.7 Å². The lowest BCUT2D eigenvalue weighted by atomic mass is 9.94. The number of amides is 3. The third kappa shape index (κ3) is 4.08. The van der Waals surface area contributed by atoms with E-state index in [9.17, 15) is 9.59 Å². The van der Waals surface area contributed by atoms with E-state index in [1.807, 2.05) is 13.0 Å². The first kappa shape index (κ1) is 20.0. The molecule has 0 saturated heterocycles. The zero-order chi connectivity index (χ0) is 20.3. The fraction of sp³-hybridized carbons (Fsp3) is 0.200. The van der Waals surface area contributed by atoms with Crippen molar-refractivity contribution < 1.29 is 14.3 Å². The van der Waals surface area contributed by atoms with Gasteiger partial charge < -0.3 is 20.7 Å². The molecule has 3 amide bonds. The number of anilines is 1. The van der Waals surface area contributed by atoms with E-state index in [-0.39, 0.29) is 0 Å². The number of urea groups is 1. The van der Waals surface area contributed by atoms with Crippen LogP contribution in [0.5, 0.6) is 5.75 Å². The fourth-order valence-corrected chi connectivity index (χ4v) is 3.65. The van der Waals surface area contributed by atoms with Crippen LogP contribution in [0.3, 0.4) is 0 Å². The molecule has 0 aliphatic carbocycles.